The summed E-state index contributed by atoms with van der Waals surface area (Å²) in [5, 5.41) is 21.7. The molecule has 4 N–H and O–H groups in total. The number of rotatable bonds is 13. The Labute approximate surface area is 238 Å². The van der Waals surface area contributed by atoms with Gasteiger partial charge in [0.25, 0.3) is 5.91 Å². The van der Waals surface area contributed by atoms with Crippen LogP contribution in [0.4, 0.5) is 13.2 Å². The lowest BCUT2D eigenvalue weighted by molar-refractivity contribution is -0.140. The molecule has 4 rings (SSSR count). The van der Waals surface area contributed by atoms with E-state index < -0.39 is 23.9 Å². The number of ether oxygens (including phenoxy) is 2. The molecular weight excluding hydrogens is 559 g/mol. The normalized spacial score (nSPS) is 12.3. The van der Waals surface area contributed by atoms with Gasteiger partial charge in [-0.3, -0.25) is 9.69 Å². The van der Waals surface area contributed by atoms with Gasteiger partial charge in [0.1, 0.15) is 41.6 Å². The van der Waals surface area contributed by atoms with Gasteiger partial charge in [-0.15, -0.1) is 11.3 Å². The first kappa shape index (κ1) is 29.8. The first-order valence-electron chi connectivity index (χ1n) is 12.5. The van der Waals surface area contributed by atoms with Gasteiger partial charge >= 0.3 is 6.18 Å². The number of hydrogen-bond acceptors (Lipinski definition) is 8. The number of nitrogens with two attached hydrogens (primary N) is 1. The number of benzene rings is 3. The minimum Gasteiger partial charge on any atom is -0.507 e. The molecule has 0 saturated carbocycles. The third kappa shape index (κ3) is 8.68. The lowest BCUT2D eigenvalue weighted by Gasteiger charge is -2.25. The molecule has 1 atom stereocenters. The van der Waals surface area contributed by atoms with Gasteiger partial charge in [0.15, 0.2) is 5.69 Å². The molecule has 0 aliphatic carbocycles. The lowest BCUT2D eigenvalue weighted by atomic mass is 10.2. The van der Waals surface area contributed by atoms with Gasteiger partial charge in [-0.05, 0) is 48.0 Å². The highest BCUT2D eigenvalue weighted by atomic mass is 32.1. The van der Waals surface area contributed by atoms with Crippen LogP contribution in [-0.2, 0) is 12.7 Å². The first-order chi connectivity index (χ1) is 19.6. The van der Waals surface area contributed by atoms with E-state index in [1.807, 2.05) is 35.2 Å². The molecule has 0 saturated heterocycles. The number of hydrogen-bond donors (Lipinski definition) is 3. The molecule has 0 aliphatic rings. The smallest absolute Gasteiger partial charge is 0.434 e. The van der Waals surface area contributed by atoms with E-state index in [9.17, 15) is 28.2 Å². The van der Waals surface area contributed by atoms with Crippen LogP contribution >= 0.6 is 11.3 Å². The highest BCUT2D eigenvalue weighted by molar-refractivity contribution is 7.13. The quantitative estimate of drug-likeness (QED) is 0.203. The van der Waals surface area contributed by atoms with Crippen molar-refractivity contribution < 1.29 is 37.7 Å². The number of phenols is 1. The zero-order chi connectivity index (χ0) is 29.4. The molecule has 41 heavy (non-hydrogen) atoms. The number of thiazole rings is 1. The molecule has 0 spiro atoms. The molecule has 216 valence electrons. The molecule has 0 aliphatic heterocycles. The van der Waals surface area contributed by atoms with Crippen molar-refractivity contribution in [1.29, 1.82) is 0 Å². The molecule has 8 nitrogen and oxygen atoms in total. The Hall–Kier alpha value is -4.13. The van der Waals surface area contributed by atoms with E-state index in [1.54, 1.807) is 24.3 Å². The molecule has 1 amide bonds. The zero-order valence-corrected chi connectivity index (χ0v) is 22.6. The second-order valence-electron chi connectivity index (χ2n) is 9.14. The SMILES string of the molecule is NC(=O)c1cc(OCCN(Cc2ccccc2)CC(O)COc2ccc(-c3nc(C(F)(F)F)cs3)cc2)ccc1O. The van der Waals surface area contributed by atoms with Crippen LogP contribution in [0.2, 0.25) is 0 Å². The Balaban J connectivity index is 1.32. The van der Waals surface area contributed by atoms with Gasteiger partial charge < -0.3 is 25.4 Å². The maximum atomic E-state index is 12.8. The molecule has 1 unspecified atom stereocenters. The Kier molecular flexibility index (Phi) is 9.82. The Morgan fingerprint density at radius 2 is 1.73 bits per heavy atom. The van der Waals surface area contributed by atoms with Gasteiger partial charge in [-0.25, -0.2) is 4.98 Å². The van der Waals surface area contributed by atoms with Gasteiger partial charge in [-0.2, -0.15) is 13.2 Å². The molecule has 0 fully saturated rings. The van der Waals surface area contributed by atoms with E-state index >= 15 is 0 Å². The number of carbonyl (C=O) groups is 1. The summed E-state index contributed by atoms with van der Waals surface area (Å²) in [7, 11) is 0. The lowest BCUT2D eigenvalue weighted by Crippen LogP contribution is -2.37. The summed E-state index contributed by atoms with van der Waals surface area (Å²) < 4.78 is 50.0. The number of aliphatic hydroxyl groups excluding tert-OH is 1. The third-order valence-electron chi connectivity index (χ3n) is 5.97. The number of alkyl halides is 3. The van der Waals surface area contributed by atoms with Crippen molar-refractivity contribution in [3.8, 4) is 27.8 Å². The van der Waals surface area contributed by atoms with Crippen LogP contribution in [0.3, 0.4) is 0 Å². The maximum absolute atomic E-state index is 12.8. The number of halogens is 3. The molecular formula is C29H28F3N3O5S. The van der Waals surface area contributed by atoms with Crippen molar-refractivity contribution in [2.45, 2.75) is 18.8 Å². The number of amides is 1. The van der Waals surface area contributed by atoms with E-state index in [0.29, 0.717) is 30.2 Å². The van der Waals surface area contributed by atoms with Crippen molar-refractivity contribution in [2.24, 2.45) is 5.73 Å². The van der Waals surface area contributed by atoms with Crippen LogP contribution in [-0.4, -0.2) is 58.4 Å². The van der Waals surface area contributed by atoms with E-state index in [0.717, 1.165) is 22.3 Å². The van der Waals surface area contributed by atoms with E-state index in [2.05, 4.69) is 4.98 Å². The minimum atomic E-state index is -4.49. The number of nitrogens with zero attached hydrogens (tertiary/aromatic N) is 2. The van der Waals surface area contributed by atoms with Gasteiger partial charge in [0.2, 0.25) is 0 Å². The van der Waals surface area contributed by atoms with Gasteiger partial charge in [0.05, 0.1) is 5.56 Å². The van der Waals surface area contributed by atoms with Gasteiger partial charge in [-0.1, -0.05) is 30.3 Å². The van der Waals surface area contributed by atoms with Crippen LogP contribution in [0.25, 0.3) is 10.6 Å². The fourth-order valence-corrected chi connectivity index (χ4v) is 4.78. The summed E-state index contributed by atoms with van der Waals surface area (Å²) in [6.07, 6.45) is -5.35. The second kappa shape index (κ2) is 13.5. The molecule has 0 radical (unpaired) electrons. The Bertz CT molecular complexity index is 1430. The summed E-state index contributed by atoms with van der Waals surface area (Å²) in [6.45, 7) is 1.45. The number of aliphatic hydroxyl groups is 1. The van der Waals surface area contributed by atoms with E-state index in [4.69, 9.17) is 15.2 Å². The summed E-state index contributed by atoms with van der Waals surface area (Å²) in [4.78, 5) is 17.1. The van der Waals surface area contributed by atoms with Crippen molar-refractivity contribution in [3.05, 3.63) is 95.0 Å². The molecule has 12 heteroatoms. The van der Waals surface area contributed by atoms with Crippen LogP contribution in [0.15, 0.2) is 78.2 Å². The molecule has 1 aromatic heterocycles. The molecule has 1 heterocycles. The summed E-state index contributed by atoms with van der Waals surface area (Å²) in [6, 6.07) is 20.4. The predicted molar refractivity (Wildman–Crippen MR) is 148 cm³/mol. The fourth-order valence-electron chi connectivity index (χ4n) is 3.94. The average Bonchev–Trinajstić information content (AvgIpc) is 3.45. The second-order valence-corrected chi connectivity index (χ2v) is 10.00. The number of primary amides is 1. The molecule has 0 bridgehead atoms. The van der Waals surface area contributed by atoms with Gasteiger partial charge in [0, 0.05) is 30.6 Å². The average molecular weight is 588 g/mol. The zero-order valence-electron chi connectivity index (χ0n) is 21.8. The van der Waals surface area contributed by atoms with Crippen LogP contribution in [0.5, 0.6) is 17.2 Å². The first-order valence-corrected chi connectivity index (χ1v) is 13.4. The number of carbonyl (C=O) groups excluding carboxylic acids is 1. The monoisotopic (exact) mass is 587 g/mol. The third-order valence-corrected chi connectivity index (χ3v) is 6.86. The highest BCUT2D eigenvalue weighted by Crippen LogP contribution is 2.34. The highest BCUT2D eigenvalue weighted by Gasteiger charge is 2.33. The summed E-state index contributed by atoms with van der Waals surface area (Å²) >= 11 is 0.909. The fraction of sp³-hybridized carbons (Fsp3) is 0.241. The summed E-state index contributed by atoms with van der Waals surface area (Å²) in [5.41, 5.74) is 5.88. The Morgan fingerprint density at radius 1 is 1.02 bits per heavy atom. The number of aromatic hydroxyl groups is 1. The van der Waals surface area contributed by atoms with Crippen molar-refractivity contribution >= 4 is 17.2 Å². The van der Waals surface area contributed by atoms with Crippen molar-refractivity contribution in [3.63, 3.8) is 0 Å². The number of aromatic nitrogens is 1. The molecule has 4 aromatic rings. The van der Waals surface area contributed by atoms with Crippen molar-refractivity contribution in [2.75, 3.05) is 26.3 Å². The minimum absolute atomic E-state index is 0.0130. The Morgan fingerprint density at radius 3 is 2.39 bits per heavy atom. The molecule has 3 aromatic carbocycles. The standard InChI is InChI=1S/C29H28F3N3O5S/c30-29(31,32)26-18-41-28(34-26)20-6-8-22(9-7-20)40-17-21(36)16-35(15-19-4-2-1-3-5-19)12-13-39-23-10-11-25(37)24(14-23)27(33)38/h1-11,14,18,21,36-37H,12-13,15-17H2,(H2,33,38). The van der Waals surface area contributed by atoms with Crippen molar-refractivity contribution in [1.82, 2.24) is 9.88 Å². The predicted octanol–water partition coefficient (Wildman–Crippen LogP) is 4.95. The topological polar surface area (TPSA) is 118 Å². The van der Waals surface area contributed by atoms with E-state index in [-0.39, 0.29) is 36.1 Å². The maximum Gasteiger partial charge on any atom is 0.434 e. The van der Waals surface area contributed by atoms with E-state index in [1.165, 1.54) is 18.2 Å². The van der Waals surface area contributed by atoms with Crippen LogP contribution < -0.4 is 15.2 Å². The van der Waals surface area contributed by atoms with Crippen LogP contribution in [0, 0.1) is 0 Å². The largest absolute Gasteiger partial charge is 0.507 e. The summed E-state index contributed by atoms with van der Waals surface area (Å²) in [5.74, 6) is -0.172. The van der Waals surface area contributed by atoms with Crippen LogP contribution in [0.1, 0.15) is 21.6 Å².